The maximum atomic E-state index is 12.7. The lowest BCUT2D eigenvalue weighted by Gasteiger charge is -2.17. The van der Waals surface area contributed by atoms with E-state index in [9.17, 15) is 27.6 Å². The molecule has 26 heavy (non-hydrogen) atoms. The van der Waals surface area contributed by atoms with Crippen LogP contribution in [0.3, 0.4) is 0 Å². The number of amides is 3. The molecule has 3 amide bonds. The number of carbonyl (C=O) groups excluding carboxylic acids is 3. The first-order valence-electron chi connectivity index (χ1n) is 7.65. The monoisotopic (exact) mass is 392 g/mol. The van der Waals surface area contributed by atoms with Crippen LogP contribution in [-0.2, 0) is 20.6 Å². The van der Waals surface area contributed by atoms with Crippen LogP contribution in [0, 0.1) is 11.8 Å². The number of halogens is 4. The van der Waals surface area contributed by atoms with Crippen LogP contribution in [-0.4, -0.2) is 34.8 Å². The molecule has 0 saturated carbocycles. The number of hydrazine groups is 1. The number of alkyl halides is 3. The summed E-state index contributed by atoms with van der Waals surface area (Å²) in [5, 5.41) is 2.32. The topological polar surface area (TPSA) is 91.4 Å². The molecule has 0 spiro atoms. The molecule has 7 nitrogen and oxygen atoms in total. The SMILES string of the molecule is CNC(=O)CCC1C(=O)N(Nc2ccc(C(F)(F)F)c(Cl)n2)C(=O)C1C. The second-order valence-electron chi connectivity index (χ2n) is 5.76. The lowest BCUT2D eigenvalue weighted by atomic mass is 9.92. The third-order valence-electron chi connectivity index (χ3n) is 4.09. The number of anilines is 1. The second kappa shape index (κ2) is 7.48. The molecule has 0 aliphatic carbocycles. The number of rotatable bonds is 5. The van der Waals surface area contributed by atoms with E-state index in [1.807, 2.05) is 0 Å². The van der Waals surface area contributed by atoms with E-state index in [1.165, 1.54) is 7.05 Å². The maximum Gasteiger partial charge on any atom is 0.419 e. The zero-order valence-electron chi connectivity index (χ0n) is 13.9. The molecule has 2 heterocycles. The predicted molar refractivity (Wildman–Crippen MR) is 85.7 cm³/mol. The minimum atomic E-state index is -4.67. The first kappa shape index (κ1) is 20.0. The molecule has 142 valence electrons. The van der Waals surface area contributed by atoms with Crippen molar-refractivity contribution < 1.29 is 27.6 Å². The van der Waals surface area contributed by atoms with E-state index < -0.39 is 40.5 Å². The molecular weight excluding hydrogens is 377 g/mol. The van der Waals surface area contributed by atoms with Gasteiger partial charge in [0.15, 0.2) is 0 Å². The van der Waals surface area contributed by atoms with Crippen LogP contribution in [0.5, 0.6) is 0 Å². The molecule has 2 atom stereocenters. The number of hydrogen-bond acceptors (Lipinski definition) is 5. The smallest absolute Gasteiger partial charge is 0.359 e. The van der Waals surface area contributed by atoms with Crippen molar-refractivity contribution >= 4 is 35.1 Å². The van der Waals surface area contributed by atoms with Gasteiger partial charge in [0.05, 0.1) is 11.5 Å². The Morgan fingerprint density at radius 2 is 1.96 bits per heavy atom. The van der Waals surface area contributed by atoms with E-state index in [0.29, 0.717) is 11.1 Å². The van der Waals surface area contributed by atoms with Gasteiger partial charge in [-0.3, -0.25) is 19.8 Å². The van der Waals surface area contributed by atoms with Crippen LogP contribution < -0.4 is 10.7 Å². The molecule has 2 unspecified atom stereocenters. The Kier molecular flexibility index (Phi) is 5.74. The third-order valence-corrected chi connectivity index (χ3v) is 4.38. The van der Waals surface area contributed by atoms with Gasteiger partial charge in [-0.1, -0.05) is 18.5 Å². The highest BCUT2D eigenvalue weighted by molar-refractivity contribution is 6.30. The molecule has 0 bridgehead atoms. The average Bonchev–Trinajstić information content (AvgIpc) is 2.75. The van der Waals surface area contributed by atoms with E-state index in [0.717, 1.165) is 6.07 Å². The number of aromatic nitrogens is 1. The Balaban J connectivity index is 2.14. The van der Waals surface area contributed by atoms with Crippen molar-refractivity contribution in [3.05, 3.63) is 22.8 Å². The van der Waals surface area contributed by atoms with Crippen molar-refractivity contribution in [2.45, 2.75) is 25.9 Å². The van der Waals surface area contributed by atoms with Gasteiger partial charge in [0.25, 0.3) is 11.8 Å². The van der Waals surface area contributed by atoms with E-state index in [1.54, 1.807) is 6.92 Å². The Bertz CT molecular complexity index is 741. The van der Waals surface area contributed by atoms with Crippen LogP contribution in [0.25, 0.3) is 0 Å². The molecule has 11 heteroatoms. The van der Waals surface area contributed by atoms with Gasteiger partial charge in [0.2, 0.25) is 5.91 Å². The van der Waals surface area contributed by atoms with E-state index >= 15 is 0 Å². The molecule has 1 aromatic rings. The molecule has 1 saturated heterocycles. The predicted octanol–water partition coefficient (Wildman–Crippen LogP) is 2.23. The first-order valence-corrected chi connectivity index (χ1v) is 8.02. The average molecular weight is 393 g/mol. The highest BCUT2D eigenvalue weighted by Gasteiger charge is 2.45. The van der Waals surface area contributed by atoms with Gasteiger partial charge in [0, 0.05) is 19.4 Å². The highest BCUT2D eigenvalue weighted by atomic mass is 35.5. The summed E-state index contributed by atoms with van der Waals surface area (Å²) in [4.78, 5) is 39.5. The molecule has 1 aliphatic heterocycles. The molecule has 1 aliphatic rings. The number of nitrogens with one attached hydrogen (secondary N) is 2. The van der Waals surface area contributed by atoms with Gasteiger partial charge < -0.3 is 5.32 Å². The van der Waals surface area contributed by atoms with Crippen LogP contribution >= 0.6 is 11.6 Å². The number of pyridine rings is 1. The van der Waals surface area contributed by atoms with E-state index in [2.05, 4.69) is 15.7 Å². The summed E-state index contributed by atoms with van der Waals surface area (Å²) in [6, 6.07) is 1.67. The second-order valence-corrected chi connectivity index (χ2v) is 6.12. The van der Waals surface area contributed by atoms with E-state index in [-0.39, 0.29) is 24.6 Å². The van der Waals surface area contributed by atoms with Gasteiger partial charge >= 0.3 is 6.18 Å². The van der Waals surface area contributed by atoms with Crippen LogP contribution in [0.4, 0.5) is 19.0 Å². The Morgan fingerprint density at radius 3 is 2.50 bits per heavy atom. The number of nitrogens with zero attached hydrogens (tertiary/aromatic N) is 2. The molecule has 0 radical (unpaired) electrons. The molecule has 0 aromatic carbocycles. The minimum Gasteiger partial charge on any atom is -0.359 e. The van der Waals surface area contributed by atoms with Crippen molar-refractivity contribution in [2.75, 3.05) is 12.5 Å². The van der Waals surface area contributed by atoms with Gasteiger partial charge in [-0.05, 0) is 18.6 Å². The standard InChI is InChI=1S/C15H16ClF3N4O3/c1-7-8(3-6-11(24)20-2)14(26)23(13(7)25)22-10-5-4-9(12(16)21-10)15(17,18)19/h4-5,7-8H,3,6H2,1-2H3,(H,20,24)(H,21,22). The number of imide groups is 1. The van der Waals surface area contributed by atoms with Crippen molar-refractivity contribution in [3.8, 4) is 0 Å². The summed E-state index contributed by atoms with van der Waals surface area (Å²) >= 11 is 5.53. The molecule has 2 N–H and O–H groups in total. The lowest BCUT2D eigenvalue weighted by Crippen LogP contribution is -2.37. The zero-order valence-corrected chi connectivity index (χ0v) is 14.6. The normalized spacial score (nSPS) is 20.5. The van der Waals surface area contributed by atoms with Gasteiger partial charge in [-0.15, -0.1) is 0 Å². The Morgan fingerprint density at radius 1 is 1.31 bits per heavy atom. The molecular formula is C15H16ClF3N4O3. The zero-order chi connectivity index (χ0) is 19.6. The van der Waals surface area contributed by atoms with Crippen molar-refractivity contribution in [2.24, 2.45) is 11.8 Å². The number of hydrogen-bond donors (Lipinski definition) is 2. The largest absolute Gasteiger partial charge is 0.419 e. The summed E-state index contributed by atoms with van der Waals surface area (Å²) in [7, 11) is 1.46. The molecule has 1 aromatic heterocycles. The first-order chi connectivity index (χ1) is 12.1. The van der Waals surface area contributed by atoms with Crippen molar-refractivity contribution in [1.82, 2.24) is 15.3 Å². The fourth-order valence-electron chi connectivity index (χ4n) is 2.58. The van der Waals surface area contributed by atoms with Crippen molar-refractivity contribution in [1.29, 1.82) is 0 Å². The fraction of sp³-hybridized carbons (Fsp3) is 0.467. The van der Waals surface area contributed by atoms with Gasteiger partial charge in [0.1, 0.15) is 11.0 Å². The highest BCUT2D eigenvalue weighted by Crippen LogP contribution is 2.35. The summed E-state index contributed by atoms with van der Waals surface area (Å²) in [6.45, 7) is 1.55. The molecule has 2 rings (SSSR count). The van der Waals surface area contributed by atoms with Crippen LogP contribution in [0.1, 0.15) is 25.3 Å². The minimum absolute atomic E-state index is 0.0721. The summed E-state index contributed by atoms with van der Waals surface area (Å²) in [5.74, 6) is -2.97. The summed E-state index contributed by atoms with van der Waals surface area (Å²) < 4.78 is 38.1. The van der Waals surface area contributed by atoms with Gasteiger partial charge in [-0.2, -0.15) is 18.2 Å². The summed E-state index contributed by atoms with van der Waals surface area (Å²) in [6.07, 6.45) is -4.42. The summed E-state index contributed by atoms with van der Waals surface area (Å²) in [5.41, 5.74) is 1.27. The van der Waals surface area contributed by atoms with Crippen molar-refractivity contribution in [3.63, 3.8) is 0 Å². The third kappa shape index (κ3) is 4.06. The maximum absolute atomic E-state index is 12.7. The van der Waals surface area contributed by atoms with Crippen LogP contribution in [0.2, 0.25) is 5.15 Å². The lowest BCUT2D eigenvalue weighted by molar-refractivity contribution is -0.139. The Labute approximate surface area is 151 Å². The van der Waals surface area contributed by atoms with Gasteiger partial charge in [-0.25, -0.2) is 4.98 Å². The van der Waals surface area contributed by atoms with Crippen LogP contribution in [0.15, 0.2) is 12.1 Å². The number of carbonyl (C=O) groups is 3. The molecule has 1 fully saturated rings. The quantitative estimate of drug-likeness (QED) is 0.592. The Hall–Kier alpha value is -2.36. The fourth-order valence-corrected chi connectivity index (χ4v) is 2.84. The van der Waals surface area contributed by atoms with E-state index in [4.69, 9.17) is 11.6 Å².